The van der Waals surface area contributed by atoms with Crippen molar-refractivity contribution in [1.82, 2.24) is 19.6 Å². The fraction of sp³-hybridized carbons (Fsp3) is 0.647. The van der Waals surface area contributed by atoms with Gasteiger partial charge in [-0.2, -0.15) is 5.10 Å². The Bertz CT molecular complexity index is 764. The molecular formula is C17H25N5O4. The summed E-state index contributed by atoms with van der Waals surface area (Å²) in [5, 5.41) is 4.52. The van der Waals surface area contributed by atoms with Crippen LogP contribution in [0.3, 0.4) is 0 Å². The van der Waals surface area contributed by atoms with Crippen LogP contribution in [0.5, 0.6) is 0 Å². The van der Waals surface area contributed by atoms with Crippen molar-refractivity contribution in [2.45, 2.75) is 45.9 Å². The van der Waals surface area contributed by atoms with Gasteiger partial charge in [0.25, 0.3) is 5.91 Å². The molecule has 2 aliphatic heterocycles. The molecule has 2 N–H and O–H groups in total. The minimum atomic E-state index is -0.585. The van der Waals surface area contributed by atoms with E-state index in [1.54, 1.807) is 16.6 Å². The molecule has 0 saturated carbocycles. The van der Waals surface area contributed by atoms with Crippen LogP contribution in [-0.4, -0.2) is 63.2 Å². The highest BCUT2D eigenvalue weighted by Crippen LogP contribution is 2.27. The Kier molecular flexibility index (Phi) is 4.41. The van der Waals surface area contributed by atoms with E-state index in [9.17, 15) is 14.4 Å². The maximum atomic E-state index is 12.8. The predicted octanol–water partition coefficient (Wildman–Crippen LogP) is 0.363. The zero-order valence-electron chi connectivity index (χ0n) is 15.6. The zero-order valence-corrected chi connectivity index (χ0v) is 15.6. The van der Waals surface area contributed by atoms with Gasteiger partial charge in [0.2, 0.25) is 5.91 Å². The average Bonchev–Trinajstić information content (AvgIpc) is 2.82. The molecule has 3 rings (SSSR count). The minimum absolute atomic E-state index is 0.214. The Labute approximate surface area is 152 Å². The number of hydrogen-bond donors (Lipinski definition) is 1. The Morgan fingerprint density at radius 1 is 1.27 bits per heavy atom. The van der Waals surface area contributed by atoms with Crippen LogP contribution in [0.1, 0.15) is 42.5 Å². The molecule has 3 amide bonds. The molecule has 142 valence electrons. The molecule has 2 aliphatic rings. The van der Waals surface area contributed by atoms with Gasteiger partial charge in [-0.3, -0.25) is 14.3 Å². The number of amides is 3. The number of carbonyl (C=O) groups is 3. The fourth-order valence-electron chi connectivity index (χ4n) is 3.32. The number of nitrogens with zero attached hydrogens (tertiary/aromatic N) is 4. The quantitative estimate of drug-likeness (QED) is 0.775. The normalized spacial score (nSPS) is 20.3. The van der Waals surface area contributed by atoms with Crippen molar-refractivity contribution in [1.29, 1.82) is 0 Å². The maximum Gasteiger partial charge on any atom is 0.410 e. The van der Waals surface area contributed by atoms with Crippen LogP contribution in [0.4, 0.5) is 4.79 Å². The third-order valence-electron chi connectivity index (χ3n) is 4.59. The van der Waals surface area contributed by atoms with Gasteiger partial charge < -0.3 is 20.3 Å². The maximum absolute atomic E-state index is 12.8. The summed E-state index contributed by atoms with van der Waals surface area (Å²) < 4.78 is 7.01. The van der Waals surface area contributed by atoms with Gasteiger partial charge in [-0.1, -0.05) is 0 Å². The lowest BCUT2D eigenvalue weighted by Crippen LogP contribution is -2.40. The van der Waals surface area contributed by atoms with Crippen LogP contribution >= 0.6 is 0 Å². The first-order valence-corrected chi connectivity index (χ1v) is 8.68. The number of fused-ring (bicyclic) bond motifs is 3. The summed E-state index contributed by atoms with van der Waals surface area (Å²) in [5.74, 6) is -1.16. The summed E-state index contributed by atoms with van der Waals surface area (Å²) in [5.41, 5.74) is 6.81. The third kappa shape index (κ3) is 3.38. The summed E-state index contributed by atoms with van der Waals surface area (Å²) in [6.07, 6.45) is 0.125. The Hall–Kier alpha value is -2.58. The molecule has 0 bridgehead atoms. The van der Waals surface area contributed by atoms with Crippen molar-refractivity contribution in [2.75, 3.05) is 20.1 Å². The topological polar surface area (TPSA) is 111 Å². The second-order valence-electron chi connectivity index (χ2n) is 7.89. The van der Waals surface area contributed by atoms with E-state index in [1.807, 2.05) is 20.8 Å². The molecule has 0 aromatic carbocycles. The third-order valence-corrected chi connectivity index (χ3v) is 4.59. The molecule has 0 spiro atoms. The highest BCUT2D eigenvalue weighted by Gasteiger charge is 2.36. The predicted molar refractivity (Wildman–Crippen MR) is 92.2 cm³/mol. The van der Waals surface area contributed by atoms with E-state index in [0.29, 0.717) is 18.7 Å². The molecule has 0 aliphatic carbocycles. The summed E-state index contributed by atoms with van der Waals surface area (Å²) in [4.78, 5) is 39.9. The van der Waals surface area contributed by atoms with Crippen molar-refractivity contribution < 1.29 is 19.1 Å². The Morgan fingerprint density at radius 2 is 1.96 bits per heavy atom. The number of aromatic nitrogens is 2. The van der Waals surface area contributed by atoms with Crippen molar-refractivity contribution in [3.8, 4) is 0 Å². The van der Waals surface area contributed by atoms with Crippen molar-refractivity contribution in [3.05, 3.63) is 17.0 Å². The first kappa shape index (κ1) is 18.2. The Morgan fingerprint density at radius 3 is 2.58 bits per heavy atom. The standard InChI is InChI=1S/C17H25N5O4/c1-17(2,3)26-16(25)21-6-5-12-11(9-21)13-15(24)20(4)7-10(14(18)23)8-22(13)19-12/h10H,5-9H2,1-4H3,(H2,18,23). The molecule has 3 heterocycles. The summed E-state index contributed by atoms with van der Waals surface area (Å²) in [7, 11) is 1.64. The van der Waals surface area contributed by atoms with E-state index in [2.05, 4.69) is 5.10 Å². The highest BCUT2D eigenvalue weighted by molar-refractivity contribution is 5.95. The lowest BCUT2D eigenvalue weighted by Gasteiger charge is -2.30. The average molecular weight is 363 g/mol. The Balaban J connectivity index is 1.91. The number of rotatable bonds is 1. The number of carbonyl (C=O) groups excluding carboxylic acids is 3. The molecule has 1 atom stereocenters. The van der Waals surface area contributed by atoms with Crippen molar-refractivity contribution >= 4 is 17.9 Å². The minimum Gasteiger partial charge on any atom is -0.444 e. The molecule has 9 nitrogen and oxygen atoms in total. The van der Waals surface area contributed by atoms with E-state index in [4.69, 9.17) is 10.5 Å². The molecule has 0 radical (unpaired) electrons. The lowest BCUT2D eigenvalue weighted by atomic mass is 10.1. The molecule has 9 heteroatoms. The molecular weight excluding hydrogens is 338 g/mol. The van der Waals surface area contributed by atoms with Crippen LogP contribution in [0, 0.1) is 5.92 Å². The van der Waals surface area contributed by atoms with Crippen molar-refractivity contribution in [2.24, 2.45) is 11.7 Å². The largest absolute Gasteiger partial charge is 0.444 e. The number of nitrogens with two attached hydrogens (primary N) is 1. The van der Waals surface area contributed by atoms with Gasteiger partial charge in [0.1, 0.15) is 11.3 Å². The van der Waals surface area contributed by atoms with Gasteiger partial charge in [0.15, 0.2) is 0 Å². The highest BCUT2D eigenvalue weighted by atomic mass is 16.6. The van der Waals surface area contributed by atoms with E-state index in [1.165, 1.54) is 4.90 Å². The van der Waals surface area contributed by atoms with E-state index in [0.717, 1.165) is 11.3 Å². The molecule has 26 heavy (non-hydrogen) atoms. The van der Waals surface area contributed by atoms with Gasteiger partial charge in [-0.15, -0.1) is 0 Å². The van der Waals surface area contributed by atoms with Crippen LogP contribution < -0.4 is 5.73 Å². The van der Waals surface area contributed by atoms with Gasteiger partial charge >= 0.3 is 6.09 Å². The summed E-state index contributed by atoms with van der Waals surface area (Å²) in [6.45, 7) is 6.70. The van der Waals surface area contributed by atoms with Crippen LogP contribution in [-0.2, 0) is 29.0 Å². The molecule has 1 aromatic rings. The smallest absolute Gasteiger partial charge is 0.410 e. The number of ether oxygens (including phenoxy) is 1. The van der Waals surface area contributed by atoms with Gasteiger partial charge in [0.05, 0.1) is 24.7 Å². The monoisotopic (exact) mass is 363 g/mol. The van der Waals surface area contributed by atoms with Crippen LogP contribution in [0.15, 0.2) is 0 Å². The van der Waals surface area contributed by atoms with Gasteiger partial charge in [0, 0.05) is 32.1 Å². The second kappa shape index (κ2) is 6.30. The zero-order chi connectivity index (χ0) is 19.2. The molecule has 0 saturated heterocycles. The number of hydrogen-bond acceptors (Lipinski definition) is 5. The number of primary amides is 1. The molecule has 1 aromatic heterocycles. The summed E-state index contributed by atoms with van der Waals surface area (Å²) in [6, 6.07) is 0. The lowest BCUT2D eigenvalue weighted by molar-refractivity contribution is -0.122. The van der Waals surface area contributed by atoms with Crippen molar-refractivity contribution in [3.63, 3.8) is 0 Å². The van der Waals surface area contributed by atoms with Crippen LogP contribution in [0.2, 0.25) is 0 Å². The van der Waals surface area contributed by atoms with E-state index in [-0.39, 0.29) is 25.5 Å². The van der Waals surface area contributed by atoms with E-state index >= 15 is 0 Å². The van der Waals surface area contributed by atoms with Gasteiger partial charge in [-0.05, 0) is 20.8 Å². The molecule has 1 unspecified atom stereocenters. The van der Waals surface area contributed by atoms with Crippen LogP contribution in [0.25, 0.3) is 0 Å². The fourth-order valence-corrected chi connectivity index (χ4v) is 3.32. The summed E-state index contributed by atoms with van der Waals surface area (Å²) >= 11 is 0. The molecule has 0 fully saturated rings. The van der Waals surface area contributed by atoms with E-state index < -0.39 is 23.5 Å². The SMILES string of the molecule is CN1CC(C(N)=O)Cn2nc3c(c2C1=O)CN(C(=O)OC(C)(C)C)CC3. The van der Waals surface area contributed by atoms with Gasteiger partial charge in [-0.25, -0.2) is 4.79 Å². The second-order valence-corrected chi connectivity index (χ2v) is 7.89. The first-order valence-electron chi connectivity index (χ1n) is 8.68. The first-order chi connectivity index (χ1) is 12.1.